The summed E-state index contributed by atoms with van der Waals surface area (Å²) in [6.45, 7) is 4.05. The molecule has 3 aromatic heterocycles. The number of amides is 1. The van der Waals surface area contributed by atoms with Gasteiger partial charge in [0, 0.05) is 45.2 Å². The topological polar surface area (TPSA) is 83.3 Å². The lowest BCUT2D eigenvalue weighted by atomic mass is 9.97. The summed E-state index contributed by atoms with van der Waals surface area (Å²) in [6.07, 6.45) is -0.941. The molecule has 9 nitrogen and oxygen atoms in total. The first-order valence-corrected chi connectivity index (χ1v) is 13.0. The van der Waals surface area contributed by atoms with Gasteiger partial charge in [0.2, 0.25) is 17.7 Å². The Bertz CT molecular complexity index is 1270. The molecular weight excluding hydrogens is 493 g/mol. The van der Waals surface area contributed by atoms with Crippen molar-refractivity contribution in [3.05, 3.63) is 22.6 Å². The van der Waals surface area contributed by atoms with Gasteiger partial charge in [-0.25, -0.2) is 4.98 Å². The number of aryl methyl sites for hydroxylation is 1. The van der Waals surface area contributed by atoms with Crippen molar-refractivity contribution in [1.29, 1.82) is 0 Å². The molecule has 1 unspecified atom stereocenters. The predicted molar refractivity (Wildman–Crippen MR) is 131 cm³/mol. The van der Waals surface area contributed by atoms with Gasteiger partial charge in [0.15, 0.2) is 5.82 Å². The minimum absolute atomic E-state index is 0.0955. The molecule has 2 aliphatic heterocycles. The van der Waals surface area contributed by atoms with Gasteiger partial charge in [-0.15, -0.1) is 21.5 Å². The molecule has 0 saturated carbocycles. The fourth-order valence-electron chi connectivity index (χ4n) is 4.97. The van der Waals surface area contributed by atoms with E-state index < -0.39 is 12.0 Å². The van der Waals surface area contributed by atoms with Crippen molar-refractivity contribution in [1.82, 2.24) is 29.6 Å². The molecule has 0 spiro atoms. The maximum Gasteiger partial charge on any atom is 0.451 e. The number of rotatable bonds is 5. The molecule has 5 rings (SSSR count). The molecule has 0 aliphatic carbocycles. The third-order valence-electron chi connectivity index (χ3n) is 6.71. The van der Waals surface area contributed by atoms with Gasteiger partial charge >= 0.3 is 6.18 Å². The van der Waals surface area contributed by atoms with Gasteiger partial charge in [-0.05, 0) is 25.3 Å². The number of carbonyl (C=O) groups is 1. The number of carbonyl (C=O) groups excluding carboxylic acids is 1. The largest absolute Gasteiger partial charge is 0.451 e. The van der Waals surface area contributed by atoms with Gasteiger partial charge in [0.05, 0.1) is 17.8 Å². The SMILES string of the molecule is CCCc1cc2c(N3CCn4c(nnc4C(F)(F)F)C3)nc(N3CCCC(C(=O)N(C)C)C3)nc2s1. The molecule has 194 valence electrons. The average molecular weight is 523 g/mol. The Morgan fingerprint density at radius 1 is 1.17 bits per heavy atom. The van der Waals surface area contributed by atoms with E-state index >= 15 is 0 Å². The zero-order chi connectivity index (χ0) is 25.6. The van der Waals surface area contributed by atoms with Crippen LogP contribution in [0.5, 0.6) is 0 Å². The van der Waals surface area contributed by atoms with E-state index in [1.165, 1.54) is 4.88 Å². The first-order valence-electron chi connectivity index (χ1n) is 12.2. The molecule has 1 amide bonds. The van der Waals surface area contributed by atoms with Crippen LogP contribution in [0.25, 0.3) is 10.2 Å². The van der Waals surface area contributed by atoms with Crippen LogP contribution in [0.15, 0.2) is 6.07 Å². The molecule has 3 aromatic rings. The van der Waals surface area contributed by atoms with Gasteiger partial charge < -0.3 is 19.3 Å². The van der Waals surface area contributed by atoms with Crippen LogP contribution in [0.1, 0.15) is 42.7 Å². The van der Waals surface area contributed by atoms with E-state index in [1.54, 1.807) is 30.3 Å². The molecule has 1 fully saturated rings. The van der Waals surface area contributed by atoms with Crippen molar-refractivity contribution in [3.63, 3.8) is 0 Å². The van der Waals surface area contributed by atoms with Crippen molar-refractivity contribution < 1.29 is 18.0 Å². The highest BCUT2D eigenvalue weighted by Gasteiger charge is 2.40. The molecule has 0 radical (unpaired) electrons. The molecule has 1 saturated heterocycles. The summed E-state index contributed by atoms with van der Waals surface area (Å²) in [6, 6.07) is 2.09. The minimum Gasteiger partial charge on any atom is -0.349 e. The number of nitrogens with zero attached hydrogens (tertiary/aromatic N) is 8. The summed E-state index contributed by atoms with van der Waals surface area (Å²) >= 11 is 1.62. The zero-order valence-electron chi connectivity index (χ0n) is 20.5. The normalized spacial score (nSPS) is 18.6. The Labute approximate surface area is 210 Å². The lowest BCUT2D eigenvalue weighted by molar-refractivity contribution is -0.147. The van der Waals surface area contributed by atoms with E-state index in [0.29, 0.717) is 24.9 Å². The third-order valence-corrected chi connectivity index (χ3v) is 7.80. The average Bonchev–Trinajstić information content (AvgIpc) is 3.46. The summed E-state index contributed by atoms with van der Waals surface area (Å²) in [5, 5.41) is 8.13. The highest BCUT2D eigenvalue weighted by atomic mass is 32.1. The monoisotopic (exact) mass is 522 g/mol. The van der Waals surface area contributed by atoms with Crippen LogP contribution in [0.3, 0.4) is 0 Å². The molecular formula is C23H29F3N8OS. The number of alkyl halides is 3. The summed E-state index contributed by atoms with van der Waals surface area (Å²) < 4.78 is 41.1. The first-order chi connectivity index (χ1) is 17.2. The van der Waals surface area contributed by atoms with E-state index in [9.17, 15) is 18.0 Å². The zero-order valence-corrected chi connectivity index (χ0v) is 21.4. The summed E-state index contributed by atoms with van der Waals surface area (Å²) in [5.74, 6) is 0.527. The standard InChI is InChI=1S/C23H29F3N8OS/c1-4-6-15-11-16-18(32-9-10-34-17(13-32)29-30-21(34)23(24,25)26)27-22(28-19(16)36-15)33-8-5-7-14(12-33)20(35)31(2)3/h11,14H,4-10,12-13H2,1-3H3. The van der Waals surface area contributed by atoms with Crippen molar-refractivity contribution in [2.75, 3.05) is 43.5 Å². The van der Waals surface area contributed by atoms with Gasteiger partial charge in [0.25, 0.3) is 0 Å². The molecule has 0 aromatic carbocycles. The van der Waals surface area contributed by atoms with Crippen LogP contribution in [-0.2, 0) is 30.5 Å². The van der Waals surface area contributed by atoms with Crippen molar-refractivity contribution >= 4 is 39.2 Å². The maximum atomic E-state index is 13.3. The number of thiophene rings is 1. The number of fused-ring (bicyclic) bond motifs is 2. The molecule has 13 heteroatoms. The Morgan fingerprint density at radius 2 is 1.97 bits per heavy atom. The lowest BCUT2D eigenvalue weighted by Gasteiger charge is -2.34. The summed E-state index contributed by atoms with van der Waals surface area (Å²) in [5.41, 5.74) is 0. The van der Waals surface area contributed by atoms with Gasteiger partial charge in [-0.2, -0.15) is 18.2 Å². The van der Waals surface area contributed by atoms with E-state index in [0.717, 1.165) is 47.0 Å². The number of anilines is 2. The third kappa shape index (κ3) is 4.60. The summed E-state index contributed by atoms with van der Waals surface area (Å²) in [7, 11) is 3.53. The smallest absolute Gasteiger partial charge is 0.349 e. The quantitative estimate of drug-likeness (QED) is 0.507. The van der Waals surface area contributed by atoms with Crippen molar-refractivity contribution in [3.8, 4) is 0 Å². The maximum absolute atomic E-state index is 13.3. The van der Waals surface area contributed by atoms with Crippen LogP contribution in [-0.4, -0.2) is 69.3 Å². The predicted octanol–water partition coefficient (Wildman–Crippen LogP) is 3.58. The van der Waals surface area contributed by atoms with E-state index in [4.69, 9.17) is 9.97 Å². The lowest BCUT2D eigenvalue weighted by Crippen LogP contribution is -2.43. The number of hydrogen-bond donors (Lipinski definition) is 0. The minimum atomic E-state index is -4.54. The van der Waals surface area contributed by atoms with Gasteiger partial charge in [-0.3, -0.25) is 4.79 Å². The second-order valence-corrected chi connectivity index (χ2v) is 10.7. The molecule has 0 N–H and O–H groups in total. The van der Waals surface area contributed by atoms with Crippen LogP contribution < -0.4 is 9.80 Å². The second-order valence-electron chi connectivity index (χ2n) is 9.56. The van der Waals surface area contributed by atoms with E-state index in [1.807, 2.05) is 4.90 Å². The van der Waals surface area contributed by atoms with Crippen LogP contribution >= 0.6 is 11.3 Å². The van der Waals surface area contributed by atoms with Crippen molar-refractivity contribution in [2.24, 2.45) is 5.92 Å². The fourth-order valence-corrected chi connectivity index (χ4v) is 6.09. The van der Waals surface area contributed by atoms with Crippen LogP contribution in [0.2, 0.25) is 0 Å². The molecule has 1 atom stereocenters. The van der Waals surface area contributed by atoms with Gasteiger partial charge in [0.1, 0.15) is 10.6 Å². The molecule has 5 heterocycles. The summed E-state index contributed by atoms with van der Waals surface area (Å²) in [4.78, 5) is 30.1. The Balaban J connectivity index is 1.51. The number of hydrogen-bond acceptors (Lipinski definition) is 8. The van der Waals surface area contributed by atoms with Crippen molar-refractivity contribution in [2.45, 2.75) is 51.9 Å². The molecule has 2 aliphatic rings. The Hall–Kier alpha value is -2.96. The van der Waals surface area contributed by atoms with E-state index in [2.05, 4.69) is 28.1 Å². The number of piperidine rings is 1. The second kappa shape index (κ2) is 9.49. The number of aromatic nitrogens is 5. The Morgan fingerprint density at radius 3 is 2.69 bits per heavy atom. The van der Waals surface area contributed by atoms with Crippen LogP contribution in [0.4, 0.5) is 24.9 Å². The first kappa shape index (κ1) is 24.7. The molecule has 0 bridgehead atoms. The Kier molecular flexibility index (Phi) is 6.52. The highest BCUT2D eigenvalue weighted by Crippen LogP contribution is 2.36. The number of halogens is 3. The highest BCUT2D eigenvalue weighted by molar-refractivity contribution is 7.18. The van der Waals surface area contributed by atoms with Gasteiger partial charge in [-0.1, -0.05) is 13.3 Å². The van der Waals surface area contributed by atoms with Crippen LogP contribution in [0, 0.1) is 5.92 Å². The molecule has 36 heavy (non-hydrogen) atoms. The van der Waals surface area contributed by atoms with E-state index in [-0.39, 0.29) is 30.7 Å². The fraction of sp³-hybridized carbons (Fsp3) is 0.609.